The van der Waals surface area contributed by atoms with Crippen LogP contribution in [0.15, 0.2) is 11.6 Å². The molecule has 0 radical (unpaired) electrons. The quantitative estimate of drug-likeness (QED) is 0.530. The maximum Gasteiger partial charge on any atom is 0.162 e. The largest absolute Gasteiger partial charge is 0.385 e. The summed E-state index contributed by atoms with van der Waals surface area (Å²) in [6, 6.07) is 0. The van der Waals surface area contributed by atoms with Crippen molar-refractivity contribution in [3.05, 3.63) is 11.6 Å². The molecule has 0 aromatic carbocycles. The van der Waals surface area contributed by atoms with Crippen LogP contribution < -0.4 is 0 Å². The molecular formula is C27H44O2. The first-order valence-corrected chi connectivity index (χ1v) is 12.6. The molecule has 0 spiro atoms. The average Bonchev–Trinajstić information content (AvgIpc) is 3.00. The molecule has 0 aromatic rings. The van der Waals surface area contributed by atoms with E-state index in [9.17, 15) is 9.90 Å². The number of rotatable bonds is 5. The number of ketones is 1. The van der Waals surface area contributed by atoms with Gasteiger partial charge in [0, 0.05) is 12.8 Å². The fourth-order valence-electron chi connectivity index (χ4n) is 8.54. The zero-order chi connectivity index (χ0) is 21.0. The first-order chi connectivity index (χ1) is 13.7. The molecule has 0 bridgehead atoms. The van der Waals surface area contributed by atoms with Gasteiger partial charge in [-0.15, -0.1) is 0 Å². The van der Waals surface area contributed by atoms with Crippen LogP contribution in [0.5, 0.6) is 0 Å². The molecule has 0 aliphatic heterocycles. The minimum Gasteiger partial charge on any atom is -0.385 e. The standard InChI is InChI=1S/C27H44O2/c1-17(2)7-6-8-18(3)21-11-12-22-20-10-9-19-15-24(28)25(29)16-27(19,5)23(20)13-14-26(21,22)4/h9,17-18,20-24,28H,6-8,10-16H2,1-5H3/t18-,20+,21-,22+,23+,24-,26-,27+/m1/s1. The average molecular weight is 401 g/mol. The van der Waals surface area contributed by atoms with E-state index in [-0.39, 0.29) is 11.2 Å². The van der Waals surface area contributed by atoms with Gasteiger partial charge in [-0.1, -0.05) is 65.5 Å². The van der Waals surface area contributed by atoms with E-state index in [1.54, 1.807) is 0 Å². The van der Waals surface area contributed by atoms with Crippen LogP contribution >= 0.6 is 0 Å². The van der Waals surface area contributed by atoms with Crippen LogP contribution in [0.4, 0.5) is 0 Å². The minimum absolute atomic E-state index is 0.0154. The lowest BCUT2D eigenvalue weighted by atomic mass is 9.47. The van der Waals surface area contributed by atoms with Gasteiger partial charge in [0.1, 0.15) is 6.10 Å². The second kappa shape index (κ2) is 7.81. The Labute approximate surface area is 178 Å². The van der Waals surface area contributed by atoms with Crippen molar-refractivity contribution in [3.63, 3.8) is 0 Å². The van der Waals surface area contributed by atoms with Crippen molar-refractivity contribution in [2.24, 2.45) is 46.3 Å². The van der Waals surface area contributed by atoms with Crippen LogP contribution in [0, 0.1) is 46.3 Å². The van der Waals surface area contributed by atoms with Crippen molar-refractivity contribution in [2.45, 2.75) is 105 Å². The van der Waals surface area contributed by atoms with Crippen LogP contribution in [0.1, 0.15) is 98.8 Å². The van der Waals surface area contributed by atoms with Crippen molar-refractivity contribution in [2.75, 3.05) is 0 Å². The second-order valence-electron chi connectivity index (χ2n) is 12.2. The lowest BCUT2D eigenvalue weighted by Crippen LogP contribution is -2.52. The number of carbonyl (C=O) groups excluding carboxylic acids is 1. The van der Waals surface area contributed by atoms with Crippen molar-refractivity contribution < 1.29 is 9.90 Å². The lowest BCUT2D eigenvalue weighted by Gasteiger charge is -2.58. The van der Waals surface area contributed by atoms with Crippen LogP contribution in [0.2, 0.25) is 0 Å². The molecule has 3 fully saturated rings. The minimum atomic E-state index is -0.748. The fraction of sp³-hybridized carbons (Fsp3) is 0.889. The summed E-state index contributed by atoms with van der Waals surface area (Å²) in [6.07, 6.45) is 13.6. The monoisotopic (exact) mass is 400 g/mol. The summed E-state index contributed by atoms with van der Waals surface area (Å²) in [6.45, 7) is 12.2. The highest BCUT2D eigenvalue weighted by atomic mass is 16.3. The molecular weight excluding hydrogens is 356 g/mol. The molecule has 3 saturated carbocycles. The number of hydrogen-bond donors (Lipinski definition) is 1. The molecule has 2 heteroatoms. The number of aliphatic hydroxyl groups is 1. The Balaban J connectivity index is 1.51. The fourth-order valence-corrected chi connectivity index (χ4v) is 8.54. The van der Waals surface area contributed by atoms with E-state index in [4.69, 9.17) is 0 Å². The number of fused-ring (bicyclic) bond motifs is 5. The predicted octanol–water partition coefficient (Wildman–Crippen LogP) is 6.57. The predicted molar refractivity (Wildman–Crippen MR) is 119 cm³/mol. The smallest absolute Gasteiger partial charge is 0.162 e. The number of aliphatic hydroxyl groups excluding tert-OH is 1. The summed E-state index contributed by atoms with van der Waals surface area (Å²) in [4.78, 5) is 12.4. The Morgan fingerprint density at radius 1 is 1.10 bits per heavy atom. The van der Waals surface area contributed by atoms with Gasteiger partial charge in [0.05, 0.1) is 0 Å². The van der Waals surface area contributed by atoms with Gasteiger partial charge < -0.3 is 5.11 Å². The topological polar surface area (TPSA) is 37.3 Å². The Morgan fingerprint density at radius 3 is 2.59 bits per heavy atom. The summed E-state index contributed by atoms with van der Waals surface area (Å²) in [7, 11) is 0. The number of allylic oxidation sites excluding steroid dienone is 1. The van der Waals surface area contributed by atoms with Crippen molar-refractivity contribution >= 4 is 5.78 Å². The molecule has 0 heterocycles. The SMILES string of the molecule is CC(C)CCC[C@@H](C)[C@H]1CC[C@H]2[C@@H]3CC=C4C[C@@H](O)C(=O)C[C@]4(C)[C@H]3CC[C@]12C. The number of hydrogen-bond acceptors (Lipinski definition) is 2. The molecule has 0 aromatic heterocycles. The van der Waals surface area contributed by atoms with Gasteiger partial charge in [-0.25, -0.2) is 0 Å². The van der Waals surface area contributed by atoms with E-state index in [0.717, 1.165) is 29.6 Å². The highest BCUT2D eigenvalue weighted by Crippen LogP contribution is 2.67. The first-order valence-electron chi connectivity index (χ1n) is 12.6. The van der Waals surface area contributed by atoms with Gasteiger partial charge in [0.25, 0.3) is 0 Å². The third kappa shape index (κ3) is 3.56. The molecule has 0 amide bonds. The molecule has 0 saturated heterocycles. The van der Waals surface area contributed by atoms with Crippen molar-refractivity contribution in [3.8, 4) is 0 Å². The van der Waals surface area contributed by atoms with Crippen molar-refractivity contribution in [1.29, 1.82) is 0 Å². The van der Waals surface area contributed by atoms with Crippen LogP contribution in [-0.2, 0) is 4.79 Å². The maximum absolute atomic E-state index is 12.4. The van der Waals surface area contributed by atoms with E-state index >= 15 is 0 Å². The van der Waals surface area contributed by atoms with E-state index in [0.29, 0.717) is 24.2 Å². The van der Waals surface area contributed by atoms with E-state index in [1.165, 1.54) is 56.9 Å². The highest BCUT2D eigenvalue weighted by molar-refractivity contribution is 5.85. The molecule has 4 rings (SSSR count). The number of carbonyl (C=O) groups is 1. The third-order valence-corrected chi connectivity index (χ3v) is 10.2. The molecule has 1 N–H and O–H groups in total. The van der Waals surface area contributed by atoms with Crippen LogP contribution in [-0.4, -0.2) is 17.0 Å². The summed E-state index contributed by atoms with van der Waals surface area (Å²) < 4.78 is 0. The molecule has 0 unspecified atom stereocenters. The van der Waals surface area contributed by atoms with Gasteiger partial charge in [-0.2, -0.15) is 0 Å². The Morgan fingerprint density at radius 2 is 1.86 bits per heavy atom. The summed E-state index contributed by atoms with van der Waals surface area (Å²) >= 11 is 0. The summed E-state index contributed by atoms with van der Waals surface area (Å²) in [5.41, 5.74) is 1.91. The van der Waals surface area contributed by atoms with E-state index in [2.05, 4.69) is 40.7 Å². The normalized spacial score (nSPS) is 45.4. The molecule has 4 aliphatic carbocycles. The van der Waals surface area contributed by atoms with Gasteiger partial charge >= 0.3 is 0 Å². The second-order valence-corrected chi connectivity index (χ2v) is 12.2. The van der Waals surface area contributed by atoms with Crippen molar-refractivity contribution in [1.82, 2.24) is 0 Å². The van der Waals surface area contributed by atoms with Crippen LogP contribution in [0.3, 0.4) is 0 Å². The number of Topliss-reactive ketones (excluding diaryl/α,β-unsaturated/α-hetero) is 1. The Hall–Kier alpha value is -0.630. The van der Waals surface area contributed by atoms with Gasteiger partial charge in [0.15, 0.2) is 5.78 Å². The summed E-state index contributed by atoms with van der Waals surface area (Å²) in [5, 5.41) is 10.1. The van der Waals surface area contributed by atoms with Gasteiger partial charge in [-0.05, 0) is 78.4 Å². The zero-order valence-corrected chi connectivity index (χ0v) is 19.5. The summed E-state index contributed by atoms with van der Waals surface area (Å²) in [5.74, 6) is 4.86. The first kappa shape index (κ1) is 21.6. The van der Waals surface area contributed by atoms with E-state index < -0.39 is 6.10 Å². The molecule has 4 aliphatic rings. The zero-order valence-electron chi connectivity index (χ0n) is 19.5. The van der Waals surface area contributed by atoms with Gasteiger partial charge in [0.2, 0.25) is 0 Å². The maximum atomic E-state index is 12.4. The highest BCUT2D eigenvalue weighted by Gasteiger charge is 2.59. The van der Waals surface area contributed by atoms with E-state index in [1.807, 2.05) is 0 Å². The molecule has 2 nitrogen and oxygen atoms in total. The Kier molecular flexibility index (Phi) is 5.82. The molecule has 164 valence electrons. The molecule has 8 atom stereocenters. The van der Waals surface area contributed by atoms with Gasteiger partial charge in [-0.3, -0.25) is 4.79 Å². The third-order valence-electron chi connectivity index (χ3n) is 10.2. The van der Waals surface area contributed by atoms with Crippen LogP contribution in [0.25, 0.3) is 0 Å². The molecule has 29 heavy (non-hydrogen) atoms. The lowest BCUT2D eigenvalue weighted by molar-refractivity contribution is -0.135. The Bertz CT molecular complexity index is 663.